The number of rotatable bonds is 1. The van der Waals surface area contributed by atoms with E-state index in [4.69, 9.17) is 11.6 Å². The molecule has 0 saturated carbocycles. The molecule has 2 nitrogen and oxygen atoms in total. The molecule has 0 atom stereocenters. The lowest BCUT2D eigenvalue weighted by molar-refractivity contribution is 0.445. The van der Waals surface area contributed by atoms with Crippen molar-refractivity contribution in [1.29, 1.82) is 0 Å². The van der Waals surface area contributed by atoms with Gasteiger partial charge in [-0.25, -0.2) is 17.9 Å². The van der Waals surface area contributed by atoms with E-state index < -0.39 is 17.5 Å². The van der Waals surface area contributed by atoms with Crippen LogP contribution in [0.5, 0.6) is 0 Å². The normalized spacial score (nSPS) is 11.9. The highest BCUT2D eigenvalue weighted by Gasteiger charge is 2.21. The van der Waals surface area contributed by atoms with Crippen molar-refractivity contribution in [2.45, 2.75) is 26.2 Å². The summed E-state index contributed by atoms with van der Waals surface area (Å²) in [6, 6.07) is 3.31. The zero-order valence-corrected chi connectivity index (χ0v) is 11.4. The van der Waals surface area contributed by atoms with Gasteiger partial charge in [0.15, 0.2) is 17.5 Å². The van der Waals surface area contributed by atoms with Crippen LogP contribution in [-0.4, -0.2) is 9.78 Å². The highest BCUT2D eigenvalue weighted by molar-refractivity contribution is 6.29. The van der Waals surface area contributed by atoms with Gasteiger partial charge in [-0.05, 0) is 6.07 Å². The van der Waals surface area contributed by atoms with Gasteiger partial charge in [0.05, 0.1) is 11.4 Å². The first kappa shape index (κ1) is 13.9. The summed E-state index contributed by atoms with van der Waals surface area (Å²) in [6.45, 7) is 5.80. The molecule has 0 aliphatic heterocycles. The highest BCUT2D eigenvalue weighted by Crippen LogP contribution is 2.27. The molecule has 1 heterocycles. The van der Waals surface area contributed by atoms with Gasteiger partial charge in [-0.2, -0.15) is 5.10 Å². The number of halogens is 4. The molecule has 1 aromatic heterocycles. The summed E-state index contributed by atoms with van der Waals surface area (Å²) < 4.78 is 40.5. The summed E-state index contributed by atoms with van der Waals surface area (Å²) in [7, 11) is 0. The van der Waals surface area contributed by atoms with Crippen LogP contribution >= 0.6 is 11.6 Å². The largest absolute Gasteiger partial charge is 0.222 e. The Labute approximate surface area is 113 Å². The van der Waals surface area contributed by atoms with Crippen LogP contribution in [0.15, 0.2) is 18.2 Å². The molecule has 0 spiro atoms. The fourth-order valence-electron chi connectivity index (χ4n) is 1.57. The summed E-state index contributed by atoms with van der Waals surface area (Å²) >= 11 is 5.99. The molecule has 0 saturated heterocycles. The van der Waals surface area contributed by atoms with Crippen molar-refractivity contribution in [2.24, 2.45) is 0 Å². The molecule has 102 valence electrons. The standard InChI is InChI=1S/C13H12ClF3N2/c1-13(2,3)10-6-11(14)19(18-10)7-4-8(15)12(17)9(16)5-7/h4-6H,1-3H3. The molecule has 0 radical (unpaired) electrons. The average molecular weight is 289 g/mol. The Hall–Kier alpha value is -1.49. The van der Waals surface area contributed by atoms with E-state index in [-0.39, 0.29) is 16.3 Å². The van der Waals surface area contributed by atoms with Gasteiger partial charge in [-0.15, -0.1) is 0 Å². The maximum absolute atomic E-state index is 13.2. The second-order valence-corrected chi connectivity index (χ2v) is 5.62. The van der Waals surface area contributed by atoms with Crippen molar-refractivity contribution >= 4 is 11.6 Å². The molecule has 2 aromatic rings. The number of hydrogen-bond acceptors (Lipinski definition) is 1. The molecular formula is C13H12ClF3N2. The Morgan fingerprint density at radius 3 is 2.00 bits per heavy atom. The smallest absolute Gasteiger partial charge is 0.194 e. The van der Waals surface area contributed by atoms with Gasteiger partial charge in [-0.1, -0.05) is 32.4 Å². The zero-order valence-electron chi connectivity index (χ0n) is 10.6. The molecule has 0 aliphatic rings. The van der Waals surface area contributed by atoms with Crippen LogP contribution in [0.1, 0.15) is 26.5 Å². The summed E-state index contributed by atoms with van der Waals surface area (Å²) in [5, 5.41) is 4.40. The monoisotopic (exact) mass is 288 g/mol. The number of nitrogens with zero attached hydrogens (tertiary/aromatic N) is 2. The lowest BCUT2D eigenvalue weighted by Crippen LogP contribution is -2.12. The van der Waals surface area contributed by atoms with Crippen LogP contribution in [0.3, 0.4) is 0 Å². The summed E-state index contributed by atoms with van der Waals surface area (Å²) in [6.07, 6.45) is 0. The van der Waals surface area contributed by atoms with E-state index in [1.54, 1.807) is 6.07 Å². The van der Waals surface area contributed by atoms with Crippen LogP contribution in [0.25, 0.3) is 5.69 Å². The van der Waals surface area contributed by atoms with Crippen molar-refractivity contribution in [3.05, 3.63) is 46.5 Å². The molecule has 0 fully saturated rings. The molecular weight excluding hydrogens is 277 g/mol. The van der Waals surface area contributed by atoms with Crippen LogP contribution in [0.2, 0.25) is 5.15 Å². The summed E-state index contributed by atoms with van der Waals surface area (Å²) in [5.74, 6) is -4.07. The maximum atomic E-state index is 13.2. The Morgan fingerprint density at radius 2 is 1.58 bits per heavy atom. The van der Waals surface area contributed by atoms with Gasteiger partial charge in [-0.3, -0.25) is 0 Å². The van der Waals surface area contributed by atoms with E-state index in [2.05, 4.69) is 5.10 Å². The molecule has 19 heavy (non-hydrogen) atoms. The quantitative estimate of drug-likeness (QED) is 0.718. The van der Waals surface area contributed by atoms with Crippen LogP contribution in [0, 0.1) is 17.5 Å². The van der Waals surface area contributed by atoms with Gasteiger partial charge < -0.3 is 0 Å². The van der Waals surface area contributed by atoms with Crippen LogP contribution in [0.4, 0.5) is 13.2 Å². The van der Waals surface area contributed by atoms with Crippen LogP contribution in [-0.2, 0) is 5.41 Å². The molecule has 0 unspecified atom stereocenters. The van der Waals surface area contributed by atoms with Gasteiger partial charge in [0, 0.05) is 17.5 Å². The lowest BCUT2D eigenvalue weighted by atomic mass is 9.93. The van der Waals surface area contributed by atoms with Crippen molar-refractivity contribution < 1.29 is 13.2 Å². The Morgan fingerprint density at radius 1 is 1.05 bits per heavy atom. The predicted octanol–water partition coefficient (Wildman–Crippen LogP) is 4.24. The average Bonchev–Trinajstić information content (AvgIpc) is 2.67. The molecule has 6 heteroatoms. The molecule has 0 aliphatic carbocycles. The van der Waals surface area contributed by atoms with E-state index in [0.29, 0.717) is 5.69 Å². The first-order chi connectivity index (χ1) is 8.70. The topological polar surface area (TPSA) is 17.8 Å². The SMILES string of the molecule is CC(C)(C)c1cc(Cl)n(-c2cc(F)c(F)c(F)c2)n1. The Kier molecular flexibility index (Phi) is 3.34. The molecule has 2 rings (SSSR count). The van der Waals surface area contributed by atoms with Gasteiger partial charge in [0.1, 0.15) is 5.15 Å². The minimum Gasteiger partial charge on any atom is -0.222 e. The lowest BCUT2D eigenvalue weighted by Gasteiger charge is -2.14. The number of benzene rings is 1. The number of hydrogen-bond donors (Lipinski definition) is 0. The first-order valence-corrected chi connectivity index (χ1v) is 5.99. The second-order valence-electron chi connectivity index (χ2n) is 5.24. The van der Waals surface area contributed by atoms with Crippen molar-refractivity contribution in [3.63, 3.8) is 0 Å². The fourth-order valence-corrected chi connectivity index (χ4v) is 1.81. The van der Waals surface area contributed by atoms with E-state index in [1.165, 1.54) is 4.68 Å². The molecule has 0 bridgehead atoms. The van der Waals surface area contributed by atoms with Gasteiger partial charge in [0.25, 0.3) is 0 Å². The summed E-state index contributed by atoms with van der Waals surface area (Å²) in [4.78, 5) is 0. The number of aromatic nitrogens is 2. The minimum atomic E-state index is -1.51. The molecule has 1 aromatic carbocycles. The van der Waals surface area contributed by atoms with E-state index in [1.807, 2.05) is 20.8 Å². The predicted molar refractivity (Wildman–Crippen MR) is 67.1 cm³/mol. The van der Waals surface area contributed by atoms with Crippen molar-refractivity contribution in [3.8, 4) is 5.69 Å². The molecule has 0 amide bonds. The maximum Gasteiger partial charge on any atom is 0.194 e. The minimum absolute atomic E-state index is 0.0388. The van der Waals surface area contributed by atoms with Crippen molar-refractivity contribution in [1.82, 2.24) is 9.78 Å². The third-order valence-corrected chi connectivity index (χ3v) is 2.92. The Balaban J connectivity index is 2.57. The first-order valence-electron chi connectivity index (χ1n) is 5.61. The third-order valence-electron chi connectivity index (χ3n) is 2.65. The fraction of sp³-hybridized carbons (Fsp3) is 0.308. The zero-order chi connectivity index (χ0) is 14.4. The van der Waals surface area contributed by atoms with Gasteiger partial charge >= 0.3 is 0 Å². The molecule has 0 N–H and O–H groups in total. The van der Waals surface area contributed by atoms with E-state index in [9.17, 15) is 13.2 Å². The Bertz CT molecular complexity index is 606. The summed E-state index contributed by atoms with van der Waals surface area (Å²) in [5.41, 5.74) is 0.450. The van der Waals surface area contributed by atoms with Gasteiger partial charge in [0.2, 0.25) is 0 Å². The second kappa shape index (κ2) is 4.56. The van der Waals surface area contributed by atoms with Crippen molar-refractivity contribution in [2.75, 3.05) is 0 Å². The third kappa shape index (κ3) is 2.61. The van der Waals surface area contributed by atoms with Crippen LogP contribution < -0.4 is 0 Å². The van der Waals surface area contributed by atoms with E-state index >= 15 is 0 Å². The van der Waals surface area contributed by atoms with E-state index in [0.717, 1.165) is 12.1 Å². The highest BCUT2D eigenvalue weighted by atomic mass is 35.5.